The van der Waals surface area contributed by atoms with Gasteiger partial charge in [-0.3, -0.25) is 9.59 Å². The summed E-state index contributed by atoms with van der Waals surface area (Å²) in [4.78, 5) is 59.6. The van der Waals surface area contributed by atoms with Crippen LogP contribution in [0.5, 0.6) is 34.8 Å². The average molecular weight is 735 g/mol. The Kier molecular flexibility index (Phi) is 9.38. The first-order chi connectivity index (χ1) is 25.7. The van der Waals surface area contributed by atoms with Crippen LogP contribution in [0.1, 0.15) is 52.7 Å². The molecule has 6 amide bonds. The first-order valence-corrected chi connectivity index (χ1v) is 17.8. The van der Waals surface area contributed by atoms with E-state index in [1.807, 2.05) is 36.4 Å². The van der Waals surface area contributed by atoms with Crippen molar-refractivity contribution in [1.82, 2.24) is 20.6 Å². The van der Waals surface area contributed by atoms with Gasteiger partial charge in [0.15, 0.2) is 0 Å². The van der Waals surface area contributed by atoms with Crippen LogP contribution < -0.4 is 39.4 Å². The van der Waals surface area contributed by atoms with E-state index in [2.05, 4.69) is 34.4 Å². The molecule has 4 aliphatic heterocycles. The number of ether oxygens (including phenoxy) is 4. The predicted molar refractivity (Wildman–Crippen MR) is 198 cm³/mol. The maximum atomic E-state index is 12.4. The van der Waals surface area contributed by atoms with Crippen molar-refractivity contribution in [2.45, 2.75) is 65.5 Å². The second-order valence-corrected chi connectivity index (χ2v) is 15.0. The van der Waals surface area contributed by atoms with Gasteiger partial charge in [0, 0.05) is 23.3 Å². The van der Waals surface area contributed by atoms with E-state index in [4.69, 9.17) is 18.9 Å². The summed E-state index contributed by atoms with van der Waals surface area (Å²) in [7, 11) is 0. The minimum absolute atomic E-state index is 0.314. The number of rotatable bonds is 6. The molecule has 0 radical (unpaired) electrons. The van der Waals surface area contributed by atoms with Gasteiger partial charge >= 0.3 is 12.1 Å². The lowest BCUT2D eigenvalue weighted by Gasteiger charge is -2.24. The van der Waals surface area contributed by atoms with E-state index < -0.39 is 23.1 Å². The normalized spacial score (nSPS) is 20.7. The van der Waals surface area contributed by atoms with Gasteiger partial charge in [-0.05, 0) is 88.8 Å². The van der Waals surface area contributed by atoms with E-state index in [0.29, 0.717) is 59.7 Å². The van der Waals surface area contributed by atoms with Crippen LogP contribution in [0.3, 0.4) is 0 Å². The third-order valence-electron chi connectivity index (χ3n) is 9.44. The molecule has 14 heteroatoms. The molecule has 2 aromatic carbocycles. The number of urea groups is 2. The van der Waals surface area contributed by atoms with Gasteiger partial charge in [0.05, 0.1) is 37.0 Å². The van der Waals surface area contributed by atoms with E-state index in [0.717, 1.165) is 45.3 Å². The number of carbonyl (C=O) groups excluding carboxylic acids is 4. The Morgan fingerprint density at radius 1 is 0.630 bits per heavy atom. The number of anilines is 2. The van der Waals surface area contributed by atoms with Crippen LogP contribution >= 0.6 is 0 Å². The number of nitrogens with one attached hydrogen (secondary N) is 2. The molecule has 14 nitrogen and oxygen atoms in total. The quantitative estimate of drug-likeness (QED) is 0.208. The number of hydrogen-bond acceptors (Lipinski definition) is 10. The fraction of sp³-hybridized carbons (Fsp3) is 0.350. The molecular formula is C40H42N6O8. The van der Waals surface area contributed by atoms with Crippen molar-refractivity contribution >= 4 is 35.3 Å². The van der Waals surface area contributed by atoms with E-state index in [9.17, 15) is 19.2 Å². The zero-order valence-corrected chi connectivity index (χ0v) is 31.0. The summed E-state index contributed by atoms with van der Waals surface area (Å²) in [5.41, 5.74) is 1.01. The largest absolute Gasteiger partial charge is 0.493 e. The Bertz CT molecular complexity index is 1970. The molecule has 0 bridgehead atoms. The molecule has 2 aromatic heterocycles. The number of nitrogens with zero attached hydrogens (tertiary/aromatic N) is 4. The van der Waals surface area contributed by atoms with Gasteiger partial charge in [-0.2, -0.15) is 0 Å². The van der Waals surface area contributed by atoms with E-state index in [1.54, 1.807) is 52.0 Å². The number of pyridine rings is 2. The van der Waals surface area contributed by atoms with Gasteiger partial charge in [-0.15, -0.1) is 0 Å². The van der Waals surface area contributed by atoms with E-state index in [1.165, 1.54) is 12.4 Å². The van der Waals surface area contributed by atoms with Crippen LogP contribution in [0.2, 0.25) is 0 Å². The summed E-state index contributed by atoms with van der Waals surface area (Å²) in [6.07, 6.45) is 4.67. The molecule has 4 aliphatic rings. The summed E-state index contributed by atoms with van der Waals surface area (Å²) < 4.78 is 23.4. The second-order valence-electron chi connectivity index (χ2n) is 15.0. The number of aromatic nitrogens is 2. The molecular weight excluding hydrogens is 692 g/mol. The third-order valence-corrected chi connectivity index (χ3v) is 9.44. The molecule has 2 fully saturated rings. The van der Waals surface area contributed by atoms with Crippen LogP contribution in [-0.2, 0) is 22.4 Å². The highest BCUT2D eigenvalue weighted by atomic mass is 16.5. The number of carbonyl (C=O) groups is 4. The van der Waals surface area contributed by atoms with Crippen LogP contribution in [-0.4, -0.2) is 58.1 Å². The summed E-state index contributed by atoms with van der Waals surface area (Å²) in [5.74, 6) is 4.06. The topological polar surface area (TPSA) is 162 Å². The van der Waals surface area contributed by atoms with Gasteiger partial charge in [0.25, 0.3) is 11.8 Å². The van der Waals surface area contributed by atoms with Crippen molar-refractivity contribution in [2.75, 3.05) is 23.0 Å². The molecule has 2 saturated heterocycles. The van der Waals surface area contributed by atoms with Crippen molar-refractivity contribution in [1.29, 1.82) is 0 Å². The lowest BCUT2D eigenvalue weighted by atomic mass is 9.98. The Balaban J connectivity index is 0.000000167. The van der Waals surface area contributed by atoms with E-state index in [-0.39, 0.29) is 11.8 Å². The minimum atomic E-state index is -0.925. The SMILES string of the molecule is CC1COc2cccc(Oc3ccc(N4C(=O)NC(C)(C)C4=O)cn3)c2C1.CC1COc2cccc(Oc3ccc(N4C(=O)NC(C)(C)C4=O)cn3)c2C1. The maximum absolute atomic E-state index is 12.4. The lowest BCUT2D eigenvalue weighted by Crippen LogP contribution is -2.40. The first kappa shape index (κ1) is 36.2. The van der Waals surface area contributed by atoms with Gasteiger partial charge < -0.3 is 29.6 Å². The van der Waals surface area contributed by atoms with Crippen molar-refractivity contribution < 1.29 is 38.1 Å². The summed E-state index contributed by atoms with van der Waals surface area (Å²) in [6.45, 7) is 12.3. The Labute approximate surface area is 312 Å². The predicted octanol–water partition coefficient (Wildman–Crippen LogP) is 6.56. The monoisotopic (exact) mass is 734 g/mol. The highest BCUT2D eigenvalue weighted by Crippen LogP contribution is 2.38. The van der Waals surface area contributed by atoms with Gasteiger partial charge in [0.1, 0.15) is 34.1 Å². The molecule has 0 aliphatic carbocycles. The highest BCUT2D eigenvalue weighted by molar-refractivity contribution is 6.23. The number of imide groups is 2. The maximum Gasteiger partial charge on any atom is 0.329 e. The summed E-state index contributed by atoms with van der Waals surface area (Å²) in [6, 6.07) is 17.1. The van der Waals surface area contributed by atoms with Crippen molar-refractivity contribution in [3.05, 3.63) is 84.2 Å². The molecule has 54 heavy (non-hydrogen) atoms. The second kappa shape index (κ2) is 14.0. The van der Waals surface area contributed by atoms with Crippen LogP contribution in [0.4, 0.5) is 21.0 Å². The molecule has 8 rings (SSSR count). The molecule has 2 atom stereocenters. The van der Waals surface area contributed by atoms with Crippen LogP contribution in [0.15, 0.2) is 73.1 Å². The lowest BCUT2D eigenvalue weighted by molar-refractivity contribution is -0.121. The fourth-order valence-corrected chi connectivity index (χ4v) is 6.56. The zero-order chi connectivity index (χ0) is 38.4. The van der Waals surface area contributed by atoms with Gasteiger partial charge in [-0.25, -0.2) is 29.4 Å². The standard InChI is InChI=1S/2C20H21N3O4/c2*1-12-9-14-15(26-11-12)5-4-6-16(14)27-17-8-7-13(10-21-17)23-18(24)20(2,3)22-19(23)25/h2*4-8,10,12H,9,11H2,1-3H3,(H,22,25). The Morgan fingerprint density at radius 3 is 1.37 bits per heavy atom. The molecule has 2 N–H and O–H groups in total. The van der Waals surface area contributed by atoms with Gasteiger partial charge in [0.2, 0.25) is 11.8 Å². The average Bonchev–Trinajstić information content (AvgIpc) is 3.48. The molecule has 0 spiro atoms. The Hall–Kier alpha value is -6.18. The Morgan fingerprint density at radius 2 is 1.04 bits per heavy atom. The van der Waals surface area contributed by atoms with Crippen molar-refractivity contribution in [2.24, 2.45) is 11.8 Å². The number of benzene rings is 2. The minimum Gasteiger partial charge on any atom is -0.493 e. The molecule has 280 valence electrons. The van der Waals surface area contributed by atoms with Crippen LogP contribution in [0, 0.1) is 11.8 Å². The summed E-state index contributed by atoms with van der Waals surface area (Å²) >= 11 is 0. The van der Waals surface area contributed by atoms with Crippen LogP contribution in [0.25, 0.3) is 0 Å². The number of hydrogen-bond donors (Lipinski definition) is 2. The molecule has 2 unspecified atom stereocenters. The number of amides is 6. The molecule has 4 aromatic rings. The smallest absolute Gasteiger partial charge is 0.329 e. The van der Waals surface area contributed by atoms with E-state index >= 15 is 0 Å². The van der Waals surface area contributed by atoms with Crippen molar-refractivity contribution in [3.8, 4) is 34.8 Å². The molecule has 0 saturated carbocycles. The third kappa shape index (κ3) is 7.10. The fourth-order valence-electron chi connectivity index (χ4n) is 6.56. The highest BCUT2D eigenvalue weighted by Gasteiger charge is 2.46. The zero-order valence-electron chi connectivity index (χ0n) is 31.0. The number of fused-ring (bicyclic) bond motifs is 2. The summed E-state index contributed by atoms with van der Waals surface area (Å²) in [5, 5.41) is 5.30. The molecule has 6 heterocycles. The first-order valence-electron chi connectivity index (χ1n) is 17.8. The van der Waals surface area contributed by atoms with Gasteiger partial charge in [-0.1, -0.05) is 26.0 Å². The van der Waals surface area contributed by atoms with Crippen molar-refractivity contribution in [3.63, 3.8) is 0 Å².